The van der Waals surface area contributed by atoms with E-state index in [4.69, 9.17) is 0 Å². The van der Waals surface area contributed by atoms with Gasteiger partial charge in [-0.15, -0.1) is 11.3 Å². The summed E-state index contributed by atoms with van der Waals surface area (Å²) in [5.74, 6) is 0. The molecule has 0 unspecified atom stereocenters. The normalized spacial score (nSPS) is 12.7. The summed E-state index contributed by atoms with van der Waals surface area (Å²) in [7, 11) is 0. The number of nitrogens with zero attached hydrogens (tertiary/aromatic N) is 1. The molecule has 11 aromatic rings. The number of anilines is 3. The van der Waals surface area contributed by atoms with Crippen LogP contribution in [0.4, 0.5) is 17.1 Å². The number of thiophene rings is 1. The van der Waals surface area contributed by atoms with E-state index in [1.807, 2.05) is 11.3 Å². The molecule has 0 saturated heterocycles. The van der Waals surface area contributed by atoms with Crippen LogP contribution in [0.5, 0.6) is 0 Å². The Bertz CT molecular complexity index is 3370. The average molecular weight is 794 g/mol. The highest BCUT2D eigenvalue weighted by atomic mass is 32.1. The molecule has 10 aromatic carbocycles. The molecule has 0 aliphatic heterocycles. The second kappa shape index (κ2) is 14.3. The first kappa shape index (κ1) is 35.4. The fourth-order valence-electron chi connectivity index (χ4n) is 10.1. The molecule has 0 bridgehead atoms. The van der Waals surface area contributed by atoms with E-state index >= 15 is 0 Å². The Morgan fingerprint density at radius 1 is 0.344 bits per heavy atom. The Labute approximate surface area is 360 Å². The third-order valence-corrected chi connectivity index (χ3v) is 13.9. The van der Waals surface area contributed by atoms with Crippen LogP contribution in [0.1, 0.15) is 22.3 Å². The monoisotopic (exact) mass is 793 g/mol. The summed E-state index contributed by atoms with van der Waals surface area (Å²) >= 11 is 1.87. The summed E-state index contributed by atoms with van der Waals surface area (Å²) < 4.78 is 2.61. The van der Waals surface area contributed by atoms with E-state index in [0.29, 0.717) is 0 Å². The predicted molar refractivity (Wildman–Crippen MR) is 260 cm³/mol. The fraction of sp³-hybridized carbons (Fsp3) is 0.0169. The summed E-state index contributed by atoms with van der Waals surface area (Å²) in [6, 6.07) is 87.3. The minimum Gasteiger partial charge on any atom is -0.309 e. The Hall–Kier alpha value is -7.52. The van der Waals surface area contributed by atoms with Gasteiger partial charge in [0.1, 0.15) is 0 Å². The molecule has 0 spiro atoms. The van der Waals surface area contributed by atoms with Gasteiger partial charge in [-0.25, -0.2) is 0 Å². The topological polar surface area (TPSA) is 3.24 Å². The van der Waals surface area contributed by atoms with Crippen molar-refractivity contribution in [1.29, 1.82) is 0 Å². The van der Waals surface area contributed by atoms with E-state index in [1.54, 1.807) is 0 Å². The van der Waals surface area contributed by atoms with Crippen molar-refractivity contribution in [2.45, 2.75) is 5.41 Å². The van der Waals surface area contributed by atoms with Crippen LogP contribution < -0.4 is 4.90 Å². The summed E-state index contributed by atoms with van der Waals surface area (Å²) in [6.07, 6.45) is 0. The fourth-order valence-corrected chi connectivity index (χ4v) is 11.3. The van der Waals surface area contributed by atoms with Gasteiger partial charge in [0.25, 0.3) is 0 Å². The summed E-state index contributed by atoms with van der Waals surface area (Å²) in [4.78, 5) is 2.46. The molecular weight excluding hydrogens is 755 g/mol. The molecule has 12 rings (SSSR count). The van der Waals surface area contributed by atoms with Gasteiger partial charge in [0.2, 0.25) is 0 Å². The van der Waals surface area contributed by atoms with Crippen LogP contribution in [0.2, 0.25) is 0 Å². The second-order valence-corrected chi connectivity index (χ2v) is 17.0. The maximum atomic E-state index is 2.46. The average Bonchev–Trinajstić information content (AvgIpc) is 3.87. The molecule has 2 heteroatoms. The number of rotatable bonds is 7. The third-order valence-electron chi connectivity index (χ3n) is 12.8. The van der Waals surface area contributed by atoms with Crippen LogP contribution in [0.25, 0.3) is 64.3 Å². The summed E-state index contributed by atoms with van der Waals surface area (Å²) in [5.41, 5.74) is 15.5. The lowest BCUT2D eigenvalue weighted by atomic mass is 9.67. The quantitative estimate of drug-likeness (QED) is 0.155. The van der Waals surface area contributed by atoms with Crippen molar-refractivity contribution >= 4 is 59.3 Å². The molecular formula is C59H39NS. The minimum absolute atomic E-state index is 0.449. The minimum atomic E-state index is -0.449. The van der Waals surface area contributed by atoms with Gasteiger partial charge in [0, 0.05) is 36.8 Å². The predicted octanol–water partition coefficient (Wildman–Crippen LogP) is 16.4. The van der Waals surface area contributed by atoms with Crippen LogP contribution in [0, 0.1) is 0 Å². The molecule has 1 heterocycles. The molecule has 1 aliphatic rings. The SMILES string of the molecule is c1ccc(C2(c3ccccc3)c3ccccc3-c3ccc(-c4ccc(N(c5ccccc5-c5cccc6sc7ccccc7c56)c5cccc6ccccc56)cc4)cc32)cc1. The highest BCUT2D eigenvalue weighted by molar-refractivity contribution is 7.25. The van der Waals surface area contributed by atoms with E-state index in [9.17, 15) is 0 Å². The zero-order chi connectivity index (χ0) is 40.3. The molecule has 1 aromatic heterocycles. The lowest BCUT2D eigenvalue weighted by Gasteiger charge is -2.34. The Balaban J connectivity index is 1.04. The molecule has 0 amide bonds. The van der Waals surface area contributed by atoms with E-state index in [-0.39, 0.29) is 0 Å². The molecule has 0 atom stereocenters. The van der Waals surface area contributed by atoms with Crippen molar-refractivity contribution in [2.24, 2.45) is 0 Å². The van der Waals surface area contributed by atoms with Gasteiger partial charge in [-0.05, 0) is 97.9 Å². The lowest BCUT2D eigenvalue weighted by molar-refractivity contribution is 0.769. The molecule has 0 N–H and O–H groups in total. The maximum Gasteiger partial charge on any atom is 0.0713 e. The summed E-state index contributed by atoms with van der Waals surface area (Å²) in [5, 5.41) is 5.03. The van der Waals surface area contributed by atoms with Crippen molar-refractivity contribution in [3.05, 3.63) is 259 Å². The number of fused-ring (bicyclic) bond motifs is 7. The number of hydrogen-bond acceptors (Lipinski definition) is 2. The molecule has 0 radical (unpaired) electrons. The van der Waals surface area contributed by atoms with Gasteiger partial charge in [-0.3, -0.25) is 0 Å². The van der Waals surface area contributed by atoms with E-state index in [2.05, 4.69) is 241 Å². The van der Waals surface area contributed by atoms with Crippen LogP contribution in [-0.4, -0.2) is 0 Å². The first-order chi connectivity index (χ1) is 30.3. The number of hydrogen-bond donors (Lipinski definition) is 0. The largest absolute Gasteiger partial charge is 0.309 e. The van der Waals surface area contributed by atoms with Crippen molar-refractivity contribution in [2.75, 3.05) is 4.90 Å². The van der Waals surface area contributed by atoms with Gasteiger partial charge in [0.15, 0.2) is 0 Å². The molecule has 286 valence electrons. The summed E-state index contributed by atoms with van der Waals surface area (Å²) in [6.45, 7) is 0. The lowest BCUT2D eigenvalue weighted by Crippen LogP contribution is -2.28. The highest BCUT2D eigenvalue weighted by Gasteiger charge is 2.46. The van der Waals surface area contributed by atoms with Gasteiger partial charge in [-0.2, -0.15) is 0 Å². The second-order valence-electron chi connectivity index (χ2n) is 16.0. The van der Waals surface area contributed by atoms with Gasteiger partial charge >= 0.3 is 0 Å². The number of benzene rings is 10. The van der Waals surface area contributed by atoms with Crippen molar-refractivity contribution < 1.29 is 0 Å². The van der Waals surface area contributed by atoms with Gasteiger partial charge in [-0.1, -0.05) is 194 Å². The first-order valence-electron chi connectivity index (χ1n) is 21.0. The zero-order valence-electron chi connectivity index (χ0n) is 33.4. The first-order valence-corrected chi connectivity index (χ1v) is 21.8. The Morgan fingerprint density at radius 3 is 1.70 bits per heavy atom. The van der Waals surface area contributed by atoms with Crippen LogP contribution in [-0.2, 0) is 5.41 Å². The molecule has 1 nitrogen and oxygen atoms in total. The number of para-hydroxylation sites is 1. The smallest absolute Gasteiger partial charge is 0.0713 e. The standard InChI is InChI=1S/C59H39NS/c1-3-19-43(20-4-1)59(44-21-5-2-6-22-44)52-28-12-9-24-47(52)48-38-35-42(39-53(48)59)40-33-36-45(37-34-40)60(54-30-15-18-41-17-7-8-23-46(41)54)55-29-13-10-25-49(55)50-27-16-32-57-58(50)51-26-11-14-31-56(51)61-57/h1-39H. The molecule has 0 fully saturated rings. The van der Waals surface area contributed by atoms with E-state index < -0.39 is 5.41 Å². The van der Waals surface area contributed by atoms with Crippen molar-refractivity contribution in [3.63, 3.8) is 0 Å². The van der Waals surface area contributed by atoms with Crippen LogP contribution in [0.15, 0.2) is 237 Å². The highest BCUT2D eigenvalue weighted by Crippen LogP contribution is 2.57. The maximum absolute atomic E-state index is 2.46. The third kappa shape index (κ3) is 5.53. The Kier molecular flexibility index (Phi) is 8.33. The Morgan fingerprint density at radius 2 is 0.902 bits per heavy atom. The molecule has 1 aliphatic carbocycles. The molecule has 61 heavy (non-hydrogen) atoms. The van der Waals surface area contributed by atoms with Crippen molar-refractivity contribution in [1.82, 2.24) is 0 Å². The molecule has 0 saturated carbocycles. The van der Waals surface area contributed by atoms with E-state index in [0.717, 1.165) is 17.1 Å². The van der Waals surface area contributed by atoms with E-state index in [1.165, 1.54) is 86.6 Å². The zero-order valence-corrected chi connectivity index (χ0v) is 34.2. The van der Waals surface area contributed by atoms with Crippen LogP contribution in [0.3, 0.4) is 0 Å². The van der Waals surface area contributed by atoms with Crippen molar-refractivity contribution in [3.8, 4) is 33.4 Å². The van der Waals surface area contributed by atoms with Gasteiger partial charge in [0.05, 0.1) is 16.8 Å². The van der Waals surface area contributed by atoms with Crippen LogP contribution >= 0.6 is 11.3 Å². The van der Waals surface area contributed by atoms with Gasteiger partial charge < -0.3 is 4.90 Å².